The van der Waals surface area contributed by atoms with E-state index in [1.807, 2.05) is 35.6 Å². The van der Waals surface area contributed by atoms with Gasteiger partial charge in [0, 0.05) is 75.3 Å². The summed E-state index contributed by atoms with van der Waals surface area (Å²) >= 11 is 1.89. The minimum Gasteiger partial charge on any atom is -0.455 e. The average Bonchev–Trinajstić information content (AvgIpc) is 4.02. The summed E-state index contributed by atoms with van der Waals surface area (Å²) in [5, 5.41) is 12.3. The van der Waals surface area contributed by atoms with Crippen LogP contribution in [0.15, 0.2) is 209 Å². The maximum atomic E-state index is 6.45. The summed E-state index contributed by atoms with van der Waals surface area (Å²) in [6, 6.07) is 71.9. The molecule has 0 aliphatic rings. The van der Waals surface area contributed by atoms with Crippen LogP contribution in [0.25, 0.3) is 108 Å². The number of anilines is 3. The highest BCUT2D eigenvalue weighted by molar-refractivity contribution is 7.27. The van der Waals surface area contributed by atoms with Crippen LogP contribution >= 0.6 is 11.3 Å². The Bertz CT molecular complexity index is 3680. The number of fused-ring (bicyclic) bond motifs is 14. The van der Waals surface area contributed by atoms with Gasteiger partial charge in [0.1, 0.15) is 22.3 Å². The van der Waals surface area contributed by atoms with Crippen molar-refractivity contribution >= 4 is 114 Å². The van der Waals surface area contributed by atoms with Crippen molar-refractivity contribution < 1.29 is 8.83 Å². The van der Waals surface area contributed by atoms with Gasteiger partial charge in [-0.25, -0.2) is 0 Å². The highest BCUT2D eigenvalue weighted by atomic mass is 32.1. The zero-order chi connectivity index (χ0) is 39.3. The summed E-state index contributed by atoms with van der Waals surface area (Å²) in [4.78, 5) is 2.37. The SMILES string of the molecule is c1ccc2c(c1)oc1c(-c3ccc(N(c4ccc(-c5cccc6c5oc5ccccc56)cc4)c4ccc5c(c4)sc4c6ccccc6c6ccccc6c54)cc3)cccc12. The van der Waals surface area contributed by atoms with E-state index in [9.17, 15) is 0 Å². The monoisotopic (exact) mass is 783 g/mol. The summed E-state index contributed by atoms with van der Waals surface area (Å²) in [5.74, 6) is 0. The third-order valence-electron chi connectivity index (χ3n) is 12.3. The molecule has 0 amide bonds. The Kier molecular flexibility index (Phi) is 7.18. The predicted octanol–water partition coefficient (Wildman–Crippen LogP) is 17.0. The summed E-state index contributed by atoms with van der Waals surface area (Å²) < 4.78 is 15.5. The molecule has 0 aliphatic carbocycles. The van der Waals surface area contributed by atoms with Gasteiger partial charge in [-0.15, -0.1) is 11.3 Å². The molecule has 0 N–H and O–H groups in total. The number of hydrogen-bond acceptors (Lipinski definition) is 4. The minimum absolute atomic E-state index is 0.903. The topological polar surface area (TPSA) is 29.5 Å². The fourth-order valence-electron chi connectivity index (χ4n) is 9.51. The lowest BCUT2D eigenvalue weighted by Gasteiger charge is -2.26. The predicted molar refractivity (Wildman–Crippen MR) is 254 cm³/mol. The van der Waals surface area contributed by atoms with Crippen LogP contribution in [0.4, 0.5) is 17.1 Å². The standard InChI is InChI=1S/C56H33NO2S/c1-3-15-45-41(11-1)42-12-2-4-16-48(42)56-53(45)49-32-31-38(33-52(49)60-56)57(36-27-23-34(24-28-36)39-17-9-19-46-43-13-5-7-21-50(43)58-54(39)46)37-29-25-35(26-30-37)40-18-10-20-47-44-14-6-8-22-51(44)59-55(40)47/h1-33H. The van der Waals surface area contributed by atoms with Crippen LogP contribution in [0.5, 0.6) is 0 Å². The van der Waals surface area contributed by atoms with E-state index in [-0.39, 0.29) is 0 Å². The minimum atomic E-state index is 0.903. The maximum absolute atomic E-state index is 6.45. The summed E-state index contributed by atoms with van der Waals surface area (Å²) in [6.07, 6.45) is 0. The van der Waals surface area contributed by atoms with Crippen molar-refractivity contribution in [1.29, 1.82) is 0 Å². The van der Waals surface area contributed by atoms with E-state index >= 15 is 0 Å². The van der Waals surface area contributed by atoms with Gasteiger partial charge < -0.3 is 13.7 Å². The van der Waals surface area contributed by atoms with E-state index in [1.54, 1.807) is 0 Å². The van der Waals surface area contributed by atoms with E-state index < -0.39 is 0 Å². The second-order valence-electron chi connectivity index (χ2n) is 15.6. The summed E-state index contributed by atoms with van der Waals surface area (Å²) in [6.45, 7) is 0. The van der Waals surface area contributed by atoms with E-state index in [0.29, 0.717) is 0 Å². The number of hydrogen-bond donors (Lipinski definition) is 0. The lowest BCUT2D eigenvalue weighted by molar-refractivity contribution is 0.669. The molecule has 3 aromatic heterocycles. The first-order chi connectivity index (χ1) is 29.7. The highest BCUT2D eigenvalue weighted by Crippen LogP contribution is 2.47. The van der Waals surface area contributed by atoms with Gasteiger partial charge in [0.05, 0.1) is 0 Å². The first kappa shape index (κ1) is 33.3. The smallest absolute Gasteiger partial charge is 0.143 e. The van der Waals surface area contributed by atoms with Crippen LogP contribution in [0.2, 0.25) is 0 Å². The van der Waals surface area contributed by atoms with E-state index in [2.05, 4.69) is 181 Å². The Morgan fingerprint density at radius 1 is 0.333 bits per heavy atom. The summed E-state index contributed by atoms with van der Waals surface area (Å²) in [5.41, 5.74) is 11.2. The Hall–Kier alpha value is -7.66. The molecule has 3 nitrogen and oxygen atoms in total. The Labute approximate surface area is 348 Å². The van der Waals surface area contributed by atoms with Crippen LogP contribution in [0.1, 0.15) is 0 Å². The molecule has 4 heteroatoms. The number of rotatable bonds is 5. The highest BCUT2D eigenvalue weighted by Gasteiger charge is 2.20. The molecule has 60 heavy (non-hydrogen) atoms. The number of para-hydroxylation sites is 4. The molecule has 0 unspecified atom stereocenters. The zero-order valence-corrected chi connectivity index (χ0v) is 33.0. The normalized spacial score (nSPS) is 12.0. The largest absolute Gasteiger partial charge is 0.455 e. The van der Waals surface area contributed by atoms with Gasteiger partial charge in [0.25, 0.3) is 0 Å². The molecular formula is C56H33NO2S. The molecule has 13 aromatic rings. The zero-order valence-electron chi connectivity index (χ0n) is 32.2. The van der Waals surface area contributed by atoms with Gasteiger partial charge in [-0.1, -0.05) is 152 Å². The van der Waals surface area contributed by atoms with E-state index in [4.69, 9.17) is 8.83 Å². The average molecular weight is 784 g/mol. The van der Waals surface area contributed by atoms with Crippen molar-refractivity contribution in [2.75, 3.05) is 4.90 Å². The van der Waals surface area contributed by atoms with Crippen molar-refractivity contribution in [3.05, 3.63) is 200 Å². The molecule has 0 spiro atoms. The van der Waals surface area contributed by atoms with Crippen LogP contribution in [-0.2, 0) is 0 Å². The van der Waals surface area contributed by atoms with Crippen molar-refractivity contribution in [2.24, 2.45) is 0 Å². The van der Waals surface area contributed by atoms with Crippen LogP contribution in [-0.4, -0.2) is 0 Å². The van der Waals surface area contributed by atoms with Crippen molar-refractivity contribution in [2.45, 2.75) is 0 Å². The Balaban J connectivity index is 0.973. The lowest BCUT2D eigenvalue weighted by Crippen LogP contribution is -2.09. The van der Waals surface area contributed by atoms with Gasteiger partial charge in [-0.3, -0.25) is 0 Å². The first-order valence-electron chi connectivity index (χ1n) is 20.3. The van der Waals surface area contributed by atoms with Crippen molar-refractivity contribution in [3.8, 4) is 22.3 Å². The second-order valence-corrected chi connectivity index (χ2v) is 16.6. The van der Waals surface area contributed by atoms with Gasteiger partial charge in [0.15, 0.2) is 0 Å². The van der Waals surface area contributed by atoms with Gasteiger partial charge in [-0.2, -0.15) is 0 Å². The number of nitrogens with zero attached hydrogens (tertiary/aromatic N) is 1. The van der Waals surface area contributed by atoms with E-state index in [0.717, 1.165) is 83.2 Å². The Morgan fingerprint density at radius 2 is 0.783 bits per heavy atom. The van der Waals surface area contributed by atoms with E-state index in [1.165, 1.54) is 41.7 Å². The van der Waals surface area contributed by atoms with Crippen LogP contribution < -0.4 is 4.90 Å². The lowest BCUT2D eigenvalue weighted by atomic mass is 9.97. The van der Waals surface area contributed by atoms with Crippen LogP contribution in [0, 0.1) is 0 Å². The second kappa shape index (κ2) is 12.9. The fraction of sp³-hybridized carbons (Fsp3) is 0. The van der Waals surface area contributed by atoms with Gasteiger partial charge in [0.2, 0.25) is 0 Å². The number of furan rings is 2. The third-order valence-corrected chi connectivity index (χ3v) is 13.5. The maximum Gasteiger partial charge on any atom is 0.143 e. The molecule has 10 aromatic carbocycles. The molecule has 0 saturated carbocycles. The molecule has 280 valence electrons. The number of thiophene rings is 1. The molecule has 13 rings (SSSR count). The summed E-state index contributed by atoms with van der Waals surface area (Å²) in [7, 11) is 0. The fourth-order valence-corrected chi connectivity index (χ4v) is 10.8. The molecule has 0 fully saturated rings. The quantitative estimate of drug-likeness (QED) is 0.163. The number of benzene rings is 10. The molecule has 0 atom stereocenters. The van der Waals surface area contributed by atoms with Gasteiger partial charge >= 0.3 is 0 Å². The van der Waals surface area contributed by atoms with Crippen LogP contribution in [0.3, 0.4) is 0 Å². The molecule has 0 aliphatic heterocycles. The third kappa shape index (κ3) is 4.95. The first-order valence-corrected chi connectivity index (χ1v) is 21.1. The van der Waals surface area contributed by atoms with Crippen molar-refractivity contribution in [3.63, 3.8) is 0 Å². The van der Waals surface area contributed by atoms with Crippen molar-refractivity contribution in [1.82, 2.24) is 0 Å². The molecule has 0 radical (unpaired) electrons. The molecule has 3 heterocycles. The molecular weight excluding hydrogens is 751 g/mol. The molecule has 0 saturated heterocycles. The van der Waals surface area contributed by atoms with Gasteiger partial charge in [-0.05, 0) is 75.8 Å². The Morgan fingerprint density at radius 3 is 1.35 bits per heavy atom. The molecule has 0 bridgehead atoms.